The van der Waals surface area contributed by atoms with Crippen LogP contribution in [0.3, 0.4) is 0 Å². The molecule has 172 valence electrons. The van der Waals surface area contributed by atoms with Crippen molar-refractivity contribution < 1.29 is 23.5 Å². The lowest BCUT2D eigenvalue weighted by Crippen LogP contribution is -2.48. The molecule has 1 amide bonds. The number of rotatable bonds is 7. The molecule has 0 radical (unpaired) electrons. The van der Waals surface area contributed by atoms with Crippen molar-refractivity contribution >= 4 is 11.7 Å². The van der Waals surface area contributed by atoms with Crippen molar-refractivity contribution in [1.29, 1.82) is 0 Å². The summed E-state index contributed by atoms with van der Waals surface area (Å²) in [7, 11) is 0. The molecule has 0 aliphatic carbocycles. The maximum atomic E-state index is 12.9. The number of ether oxygens (including phenoxy) is 2. The number of carbonyl (C=O) groups excluding carboxylic acids is 2. The van der Waals surface area contributed by atoms with E-state index in [2.05, 4.69) is 4.98 Å². The van der Waals surface area contributed by atoms with Crippen LogP contribution in [0.25, 0.3) is 11.5 Å². The van der Waals surface area contributed by atoms with Gasteiger partial charge in [0.15, 0.2) is 5.78 Å². The Morgan fingerprint density at radius 1 is 1.15 bits per heavy atom. The summed E-state index contributed by atoms with van der Waals surface area (Å²) >= 11 is 0. The van der Waals surface area contributed by atoms with E-state index < -0.39 is 0 Å². The number of hydrogen-bond donors (Lipinski definition) is 0. The third-order valence-electron chi connectivity index (χ3n) is 5.74. The van der Waals surface area contributed by atoms with Crippen LogP contribution in [0.5, 0.6) is 5.75 Å². The van der Waals surface area contributed by atoms with E-state index in [0.717, 1.165) is 11.1 Å². The molecule has 0 N–H and O–H groups in total. The molecule has 1 aliphatic rings. The first-order valence-electron chi connectivity index (χ1n) is 11.1. The molecule has 0 saturated carbocycles. The van der Waals surface area contributed by atoms with E-state index >= 15 is 0 Å². The number of amides is 1. The van der Waals surface area contributed by atoms with Gasteiger partial charge in [0.05, 0.1) is 25.3 Å². The van der Waals surface area contributed by atoms with Gasteiger partial charge in [-0.2, -0.15) is 0 Å². The zero-order valence-electron chi connectivity index (χ0n) is 19.2. The van der Waals surface area contributed by atoms with Crippen molar-refractivity contribution in [2.45, 2.75) is 33.3 Å². The Balaban J connectivity index is 1.34. The zero-order valence-corrected chi connectivity index (χ0v) is 19.2. The molecule has 1 aromatic heterocycles. The molecule has 33 heavy (non-hydrogen) atoms. The van der Waals surface area contributed by atoms with Gasteiger partial charge in [-0.3, -0.25) is 9.59 Å². The Morgan fingerprint density at radius 2 is 1.94 bits per heavy atom. The highest BCUT2D eigenvalue weighted by Gasteiger charge is 2.26. The molecule has 2 heterocycles. The largest absolute Gasteiger partial charge is 0.491 e. The predicted octanol–water partition coefficient (Wildman–Crippen LogP) is 4.01. The molecule has 3 aromatic rings. The smallest absolute Gasteiger partial charge is 0.228 e. The number of aromatic nitrogens is 1. The second kappa shape index (κ2) is 10.0. The fraction of sp³-hybridized carbons (Fsp3) is 0.346. The Labute approximate surface area is 193 Å². The van der Waals surface area contributed by atoms with Crippen molar-refractivity contribution in [3.8, 4) is 17.2 Å². The number of ketones is 1. The van der Waals surface area contributed by atoms with Crippen LogP contribution < -0.4 is 4.74 Å². The first-order chi connectivity index (χ1) is 15.9. The Bertz CT molecular complexity index is 1140. The lowest BCUT2D eigenvalue weighted by molar-refractivity contribution is -0.139. The van der Waals surface area contributed by atoms with Crippen LogP contribution in [-0.2, 0) is 16.0 Å². The molecule has 1 saturated heterocycles. The fourth-order valence-electron chi connectivity index (χ4n) is 3.91. The van der Waals surface area contributed by atoms with Gasteiger partial charge in [0, 0.05) is 17.7 Å². The predicted molar refractivity (Wildman–Crippen MR) is 123 cm³/mol. The van der Waals surface area contributed by atoms with Crippen LogP contribution in [0.1, 0.15) is 34.3 Å². The fourth-order valence-corrected chi connectivity index (χ4v) is 3.91. The number of nitrogens with zero attached hydrogens (tertiary/aromatic N) is 2. The first-order valence-corrected chi connectivity index (χ1v) is 11.1. The molecule has 7 heteroatoms. The lowest BCUT2D eigenvalue weighted by atomic mass is 10.1. The topological polar surface area (TPSA) is 81.9 Å². The summed E-state index contributed by atoms with van der Waals surface area (Å²) in [6.45, 7) is 7.02. The standard InChI is InChI=1S/C26H28N2O5/c1-17-13-21(9-10-23(17)18(2)29)32-16-22-15-28(11-12-31-22)25(30)14-24-19(3)33-26(27-24)20-7-5-4-6-8-20/h4-10,13,22H,11-12,14-16H2,1-3H3. The van der Waals surface area contributed by atoms with Crippen LogP contribution in [0, 0.1) is 13.8 Å². The van der Waals surface area contributed by atoms with Crippen LogP contribution in [0.15, 0.2) is 52.9 Å². The van der Waals surface area contributed by atoms with E-state index in [1.165, 1.54) is 0 Å². The average Bonchev–Trinajstić information content (AvgIpc) is 3.18. The van der Waals surface area contributed by atoms with Crippen LogP contribution in [0.4, 0.5) is 0 Å². The molecule has 1 aliphatic heterocycles. The van der Waals surface area contributed by atoms with Gasteiger partial charge in [0.2, 0.25) is 11.8 Å². The van der Waals surface area contributed by atoms with Gasteiger partial charge < -0.3 is 18.8 Å². The van der Waals surface area contributed by atoms with Gasteiger partial charge >= 0.3 is 0 Å². The van der Waals surface area contributed by atoms with E-state index in [4.69, 9.17) is 13.9 Å². The summed E-state index contributed by atoms with van der Waals surface area (Å²) in [5.41, 5.74) is 3.10. The monoisotopic (exact) mass is 448 g/mol. The van der Waals surface area contributed by atoms with E-state index in [1.807, 2.05) is 50.2 Å². The highest BCUT2D eigenvalue weighted by Crippen LogP contribution is 2.23. The molecule has 4 rings (SSSR count). The zero-order chi connectivity index (χ0) is 23.4. The molecule has 0 spiro atoms. The minimum Gasteiger partial charge on any atom is -0.491 e. The third-order valence-corrected chi connectivity index (χ3v) is 5.74. The number of aryl methyl sites for hydroxylation is 2. The van der Waals surface area contributed by atoms with E-state index in [-0.39, 0.29) is 24.2 Å². The van der Waals surface area contributed by atoms with E-state index in [0.29, 0.717) is 55.0 Å². The Morgan fingerprint density at radius 3 is 2.67 bits per heavy atom. The van der Waals surface area contributed by atoms with Crippen LogP contribution >= 0.6 is 0 Å². The Kier molecular flexibility index (Phi) is 6.89. The van der Waals surface area contributed by atoms with E-state index in [1.54, 1.807) is 24.0 Å². The van der Waals surface area contributed by atoms with Crippen molar-refractivity contribution in [1.82, 2.24) is 9.88 Å². The minimum absolute atomic E-state index is 0.0130. The SMILES string of the molecule is CC(=O)c1ccc(OCC2CN(C(=O)Cc3nc(-c4ccccc4)oc3C)CCO2)cc1C. The van der Waals surface area contributed by atoms with Crippen LogP contribution in [0.2, 0.25) is 0 Å². The molecule has 0 bridgehead atoms. The summed E-state index contributed by atoms with van der Waals surface area (Å²) in [4.78, 5) is 30.9. The number of morpholine rings is 1. The number of Topliss-reactive ketones (excluding diaryl/α,β-unsaturated/α-hetero) is 1. The minimum atomic E-state index is -0.228. The normalized spacial score (nSPS) is 16.0. The van der Waals surface area contributed by atoms with Gasteiger partial charge in [-0.05, 0) is 56.7 Å². The van der Waals surface area contributed by atoms with Crippen molar-refractivity contribution in [3.05, 3.63) is 71.1 Å². The molecular formula is C26H28N2O5. The molecule has 7 nitrogen and oxygen atoms in total. The number of hydrogen-bond acceptors (Lipinski definition) is 6. The van der Waals surface area contributed by atoms with Gasteiger partial charge in [-0.25, -0.2) is 4.98 Å². The van der Waals surface area contributed by atoms with Gasteiger partial charge in [-0.15, -0.1) is 0 Å². The van der Waals surface area contributed by atoms with Crippen molar-refractivity contribution in [2.75, 3.05) is 26.3 Å². The summed E-state index contributed by atoms with van der Waals surface area (Å²) in [6, 6.07) is 15.0. The third kappa shape index (κ3) is 5.49. The summed E-state index contributed by atoms with van der Waals surface area (Å²) in [6.07, 6.45) is -0.0460. The molecule has 1 atom stereocenters. The molecule has 2 aromatic carbocycles. The molecule has 1 fully saturated rings. The second-order valence-electron chi connectivity index (χ2n) is 8.24. The maximum Gasteiger partial charge on any atom is 0.228 e. The van der Waals surface area contributed by atoms with Gasteiger partial charge in [0.1, 0.15) is 24.2 Å². The number of benzene rings is 2. The molecular weight excluding hydrogens is 420 g/mol. The maximum absolute atomic E-state index is 12.9. The highest BCUT2D eigenvalue weighted by molar-refractivity contribution is 5.95. The van der Waals surface area contributed by atoms with Crippen molar-refractivity contribution in [2.24, 2.45) is 0 Å². The number of carbonyl (C=O) groups is 2. The second-order valence-corrected chi connectivity index (χ2v) is 8.24. The summed E-state index contributed by atoms with van der Waals surface area (Å²) in [5, 5.41) is 0. The summed E-state index contributed by atoms with van der Waals surface area (Å²) in [5.74, 6) is 1.87. The lowest BCUT2D eigenvalue weighted by Gasteiger charge is -2.32. The van der Waals surface area contributed by atoms with Crippen LogP contribution in [-0.4, -0.2) is 54.0 Å². The summed E-state index contributed by atoms with van der Waals surface area (Å²) < 4.78 is 17.5. The Hall–Kier alpha value is -3.45. The van der Waals surface area contributed by atoms with Gasteiger partial charge in [-0.1, -0.05) is 18.2 Å². The average molecular weight is 449 g/mol. The van der Waals surface area contributed by atoms with E-state index in [9.17, 15) is 9.59 Å². The number of oxazole rings is 1. The van der Waals surface area contributed by atoms with Crippen molar-refractivity contribution in [3.63, 3.8) is 0 Å². The van der Waals surface area contributed by atoms with Gasteiger partial charge in [0.25, 0.3) is 0 Å². The first kappa shape index (κ1) is 22.7. The molecule has 1 unspecified atom stereocenters. The highest BCUT2D eigenvalue weighted by atomic mass is 16.5. The quantitative estimate of drug-likeness (QED) is 0.508.